The number of hydrogen-bond acceptors (Lipinski definition) is 7. The molecule has 1 aliphatic rings. The summed E-state index contributed by atoms with van der Waals surface area (Å²) < 4.78 is 32.3. The van der Waals surface area contributed by atoms with E-state index in [0.717, 1.165) is 24.8 Å². The summed E-state index contributed by atoms with van der Waals surface area (Å²) in [6.45, 7) is 1.16. The summed E-state index contributed by atoms with van der Waals surface area (Å²) in [7, 11) is -3.44. The van der Waals surface area contributed by atoms with Gasteiger partial charge in [0.1, 0.15) is 5.82 Å². The van der Waals surface area contributed by atoms with Gasteiger partial charge in [-0.2, -0.15) is 9.29 Å². The molecule has 8 nitrogen and oxygen atoms in total. The highest BCUT2D eigenvalue weighted by Crippen LogP contribution is 2.27. The van der Waals surface area contributed by atoms with Gasteiger partial charge in [-0.1, -0.05) is 35.3 Å². The molecule has 10 heteroatoms. The molecule has 0 amide bonds. The largest absolute Gasteiger partial charge is 0.384 e. The van der Waals surface area contributed by atoms with E-state index in [1.807, 2.05) is 0 Å². The maximum atomic E-state index is 12.7. The molecule has 0 aliphatic carbocycles. The quantitative estimate of drug-likeness (QED) is 0.657. The molecule has 3 aromatic rings. The van der Waals surface area contributed by atoms with Crippen LogP contribution in [0.4, 0.5) is 5.82 Å². The van der Waals surface area contributed by atoms with Crippen LogP contribution in [0.25, 0.3) is 11.4 Å². The highest BCUT2D eigenvalue weighted by atomic mass is 35.5. The molecule has 1 fully saturated rings. The number of anilines is 1. The van der Waals surface area contributed by atoms with Crippen molar-refractivity contribution in [2.45, 2.75) is 30.6 Å². The van der Waals surface area contributed by atoms with E-state index in [9.17, 15) is 8.42 Å². The third-order valence-corrected chi connectivity index (χ3v) is 7.03. The Kier molecular flexibility index (Phi) is 5.53. The van der Waals surface area contributed by atoms with Crippen molar-refractivity contribution in [3.63, 3.8) is 0 Å². The fourth-order valence-electron chi connectivity index (χ4n) is 3.27. The average molecular weight is 434 g/mol. The molecule has 0 atom stereocenters. The molecule has 29 heavy (non-hydrogen) atoms. The summed E-state index contributed by atoms with van der Waals surface area (Å²) in [5.41, 5.74) is 7.09. The summed E-state index contributed by atoms with van der Waals surface area (Å²) in [4.78, 5) is 8.56. The van der Waals surface area contributed by atoms with Crippen LogP contribution in [0.2, 0.25) is 5.02 Å². The molecule has 152 valence electrons. The van der Waals surface area contributed by atoms with E-state index in [4.69, 9.17) is 21.9 Å². The van der Waals surface area contributed by atoms with Crippen LogP contribution in [0.1, 0.15) is 30.7 Å². The monoisotopic (exact) mass is 433 g/mol. The molecule has 2 aromatic heterocycles. The Morgan fingerprint density at radius 2 is 1.86 bits per heavy atom. The Hall–Kier alpha value is -2.49. The number of aromatic nitrogens is 3. The Bertz CT molecular complexity index is 1110. The van der Waals surface area contributed by atoms with Crippen molar-refractivity contribution >= 4 is 27.4 Å². The first-order valence-electron chi connectivity index (χ1n) is 9.26. The number of sulfonamides is 1. The van der Waals surface area contributed by atoms with E-state index >= 15 is 0 Å². The lowest BCUT2D eigenvalue weighted by Crippen LogP contribution is -2.35. The molecule has 2 N–H and O–H groups in total. The van der Waals surface area contributed by atoms with Crippen molar-refractivity contribution in [1.29, 1.82) is 0 Å². The Balaban J connectivity index is 1.50. The lowest BCUT2D eigenvalue weighted by Gasteiger charge is -2.25. The lowest BCUT2D eigenvalue weighted by atomic mass is 10.1. The third-order valence-electron chi connectivity index (χ3n) is 4.82. The van der Waals surface area contributed by atoms with Crippen LogP contribution in [0.3, 0.4) is 0 Å². The van der Waals surface area contributed by atoms with Gasteiger partial charge in [0.15, 0.2) is 0 Å². The van der Waals surface area contributed by atoms with Crippen LogP contribution in [-0.4, -0.2) is 40.9 Å². The molecule has 0 saturated carbocycles. The van der Waals surface area contributed by atoms with Gasteiger partial charge in [-0.3, -0.25) is 0 Å². The Labute approximate surface area is 173 Å². The van der Waals surface area contributed by atoms with Crippen LogP contribution < -0.4 is 5.73 Å². The van der Waals surface area contributed by atoms with Crippen molar-refractivity contribution in [2.24, 2.45) is 0 Å². The smallest absolute Gasteiger partial charge is 0.243 e. The first-order valence-corrected chi connectivity index (χ1v) is 11.1. The van der Waals surface area contributed by atoms with Gasteiger partial charge >= 0.3 is 0 Å². The van der Waals surface area contributed by atoms with E-state index in [0.29, 0.717) is 52.5 Å². The molecule has 0 spiro atoms. The molecule has 1 aliphatic heterocycles. The highest BCUT2D eigenvalue weighted by Gasteiger charge is 2.25. The second-order valence-electron chi connectivity index (χ2n) is 6.89. The highest BCUT2D eigenvalue weighted by molar-refractivity contribution is 7.89. The second kappa shape index (κ2) is 8.10. The predicted octanol–water partition coefficient (Wildman–Crippen LogP) is 3.13. The molecular formula is C19H20ClN5O3S. The lowest BCUT2D eigenvalue weighted by molar-refractivity contribution is 0.346. The predicted molar refractivity (Wildman–Crippen MR) is 109 cm³/mol. The van der Waals surface area contributed by atoms with Crippen LogP contribution in [0.5, 0.6) is 0 Å². The van der Waals surface area contributed by atoms with Gasteiger partial charge in [-0.25, -0.2) is 13.4 Å². The minimum Gasteiger partial charge on any atom is -0.384 e. The minimum absolute atomic E-state index is 0.299. The number of benzene rings is 1. The topological polar surface area (TPSA) is 115 Å². The SMILES string of the molecule is Nc1cc(-c2noc(Cc3ccc(S(=O)(=O)N4CCCCC4)cc3)n2)c(Cl)cn1. The summed E-state index contributed by atoms with van der Waals surface area (Å²) in [6.07, 6.45) is 4.70. The van der Waals surface area contributed by atoms with E-state index in [2.05, 4.69) is 15.1 Å². The van der Waals surface area contributed by atoms with Gasteiger partial charge in [0.2, 0.25) is 21.7 Å². The summed E-state index contributed by atoms with van der Waals surface area (Å²) in [5.74, 6) is 1.02. The van der Waals surface area contributed by atoms with E-state index in [1.54, 1.807) is 34.6 Å². The van der Waals surface area contributed by atoms with E-state index in [1.165, 1.54) is 6.20 Å². The number of nitrogen functional groups attached to an aromatic ring is 1. The van der Waals surface area contributed by atoms with Crippen molar-refractivity contribution in [3.8, 4) is 11.4 Å². The second-order valence-corrected chi connectivity index (χ2v) is 9.23. The molecule has 0 radical (unpaired) electrons. The number of hydrogen-bond donors (Lipinski definition) is 1. The summed E-state index contributed by atoms with van der Waals surface area (Å²) in [6, 6.07) is 8.35. The van der Waals surface area contributed by atoms with E-state index < -0.39 is 10.0 Å². The van der Waals surface area contributed by atoms with E-state index in [-0.39, 0.29) is 0 Å². The maximum absolute atomic E-state index is 12.7. The van der Waals surface area contributed by atoms with Crippen molar-refractivity contribution in [1.82, 2.24) is 19.4 Å². The maximum Gasteiger partial charge on any atom is 0.243 e. The van der Waals surface area contributed by atoms with Gasteiger partial charge in [0, 0.05) is 24.8 Å². The molecule has 3 heterocycles. The molecule has 0 bridgehead atoms. The van der Waals surface area contributed by atoms with Crippen molar-refractivity contribution < 1.29 is 12.9 Å². The zero-order valence-corrected chi connectivity index (χ0v) is 17.2. The van der Waals surface area contributed by atoms with Gasteiger partial charge < -0.3 is 10.3 Å². The van der Waals surface area contributed by atoms with Crippen molar-refractivity contribution in [2.75, 3.05) is 18.8 Å². The molecule has 1 aromatic carbocycles. The zero-order valence-electron chi connectivity index (χ0n) is 15.6. The number of nitrogens with zero attached hydrogens (tertiary/aromatic N) is 4. The summed E-state index contributed by atoms with van der Waals surface area (Å²) >= 11 is 6.12. The normalized spacial score (nSPS) is 15.5. The van der Waals surface area contributed by atoms with Crippen LogP contribution in [0, 0.1) is 0 Å². The Morgan fingerprint density at radius 1 is 1.14 bits per heavy atom. The van der Waals surface area contributed by atoms with Gasteiger partial charge in [0.25, 0.3) is 0 Å². The third kappa shape index (κ3) is 4.26. The molecule has 4 rings (SSSR count). The average Bonchev–Trinajstić information content (AvgIpc) is 3.19. The standard InChI is InChI=1S/C19H20ClN5O3S/c20-16-12-22-17(21)11-15(16)19-23-18(28-24-19)10-13-4-6-14(7-5-13)29(26,27)25-8-2-1-3-9-25/h4-7,11-12H,1-3,8-10H2,(H2,21,22). The van der Waals surface area contributed by atoms with Crippen LogP contribution in [0.15, 0.2) is 45.9 Å². The van der Waals surface area contributed by atoms with Gasteiger partial charge in [0.05, 0.1) is 16.3 Å². The fourth-order valence-corrected chi connectivity index (χ4v) is 4.98. The minimum atomic E-state index is -3.44. The molecule has 0 unspecified atom stereocenters. The summed E-state index contributed by atoms with van der Waals surface area (Å²) in [5, 5.41) is 4.32. The first-order chi connectivity index (χ1) is 13.9. The van der Waals surface area contributed by atoms with Crippen LogP contribution in [-0.2, 0) is 16.4 Å². The number of piperidine rings is 1. The Morgan fingerprint density at radius 3 is 2.59 bits per heavy atom. The first kappa shape index (κ1) is 19.8. The van der Waals surface area contributed by atoms with Gasteiger partial charge in [-0.15, -0.1) is 0 Å². The van der Waals surface area contributed by atoms with Crippen LogP contribution >= 0.6 is 11.6 Å². The number of pyridine rings is 1. The molecular weight excluding hydrogens is 414 g/mol. The van der Waals surface area contributed by atoms with Gasteiger partial charge in [-0.05, 0) is 36.6 Å². The fraction of sp³-hybridized carbons (Fsp3) is 0.316. The number of rotatable bonds is 5. The number of nitrogens with two attached hydrogens (primary N) is 1. The zero-order chi connectivity index (χ0) is 20.4. The van der Waals surface area contributed by atoms with Crippen molar-refractivity contribution in [3.05, 3.63) is 53.0 Å². The molecule has 1 saturated heterocycles. The number of halogens is 1.